The predicted octanol–water partition coefficient (Wildman–Crippen LogP) is 1.81. The molecule has 0 fully saturated rings. The molecule has 0 aliphatic rings. The molecule has 2 aromatic carbocycles. The van der Waals surface area contributed by atoms with Gasteiger partial charge in [0.15, 0.2) is 0 Å². The van der Waals surface area contributed by atoms with Crippen LogP contribution in [-0.2, 0) is 4.79 Å². The molecule has 2 aromatic rings. The molecule has 0 aromatic heterocycles. The number of benzene rings is 2. The van der Waals surface area contributed by atoms with E-state index in [0.29, 0.717) is 11.1 Å². The third-order valence-corrected chi connectivity index (χ3v) is 3.26. The zero-order chi connectivity index (χ0) is 18.4. The summed E-state index contributed by atoms with van der Waals surface area (Å²) in [4.78, 5) is 35.1. The number of hydrogen-bond donors (Lipinski definition) is 3. The smallest absolute Gasteiger partial charge is 0.269 e. The van der Waals surface area contributed by atoms with E-state index in [2.05, 4.69) is 16.2 Å². The Bertz CT molecular complexity index is 813. The Kier molecular flexibility index (Phi) is 6.02. The lowest BCUT2D eigenvalue weighted by Gasteiger charge is -2.09. The van der Waals surface area contributed by atoms with Crippen LogP contribution in [0.4, 0.5) is 8.78 Å². The van der Waals surface area contributed by atoms with E-state index in [4.69, 9.17) is 11.6 Å². The van der Waals surface area contributed by atoms with Crippen molar-refractivity contribution in [2.24, 2.45) is 0 Å². The minimum absolute atomic E-state index is 0.266. The number of carbonyl (C=O) groups excluding carboxylic acids is 3. The van der Waals surface area contributed by atoms with Crippen LogP contribution >= 0.6 is 11.6 Å². The highest BCUT2D eigenvalue weighted by atomic mass is 35.5. The van der Waals surface area contributed by atoms with Gasteiger partial charge in [0.2, 0.25) is 0 Å². The van der Waals surface area contributed by atoms with Crippen molar-refractivity contribution in [2.45, 2.75) is 0 Å². The van der Waals surface area contributed by atoms with Crippen molar-refractivity contribution < 1.29 is 23.2 Å². The lowest BCUT2D eigenvalue weighted by molar-refractivity contribution is -0.120. The van der Waals surface area contributed by atoms with Crippen LogP contribution in [0.15, 0.2) is 42.5 Å². The molecular weight excluding hydrogens is 356 g/mol. The molecule has 0 heterocycles. The first-order valence-electron chi connectivity index (χ1n) is 6.95. The third kappa shape index (κ3) is 5.25. The van der Waals surface area contributed by atoms with Gasteiger partial charge in [-0.2, -0.15) is 0 Å². The van der Waals surface area contributed by atoms with Crippen LogP contribution in [0.3, 0.4) is 0 Å². The zero-order valence-electron chi connectivity index (χ0n) is 12.6. The topological polar surface area (TPSA) is 87.3 Å². The van der Waals surface area contributed by atoms with Crippen molar-refractivity contribution in [3.8, 4) is 0 Å². The molecule has 0 aliphatic heterocycles. The van der Waals surface area contributed by atoms with Crippen LogP contribution in [0.2, 0.25) is 5.02 Å². The highest BCUT2D eigenvalue weighted by Crippen LogP contribution is 2.09. The van der Waals surface area contributed by atoms with Gasteiger partial charge >= 0.3 is 0 Å². The van der Waals surface area contributed by atoms with Crippen LogP contribution in [0.1, 0.15) is 20.7 Å². The first kappa shape index (κ1) is 18.3. The normalized spacial score (nSPS) is 10.0. The highest BCUT2D eigenvalue weighted by molar-refractivity contribution is 6.30. The number of amides is 3. The van der Waals surface area contributed by atoms with Crippen molar-refractivity contribution in [1.29, 1.82) is 0 Å². The molecule has 0 aliphatic carbocycles. The van der Waals surface area contributed by atoms with Crippen LogP contribution in [0.25, 0.3) is 0 Å². The van der Waals surface area contributed by atoms with Crippen LogP contribution < -0.4 is 16.2 Å². The van der Waals surface area contributed by atoms with Crippen molar-refractivity contribution in [3.63, 3.8) is 0 Å². The Hall–Kier alpha value is -3.00. The van der Waals surface area contributed by atoms with Gasteiger partial charge in [-0.25, -0.2) is 8.78 Å². The maximum Gasteiger partial charge on any atom is 0.269 e. The number of halogens is 3. The summed E-state index contributed by atoms with van der Waals surface area (Å²) < 4.78 is 26.2. The van der Waals surface area contributed by atoms with E-state index in [-0.39, 0.29) is 5.56 Å². The van der Waals surface area contributed by atoms with Gasteiger partial charge in [-0.05, 0) is 36.4 Å². The fraction of sp³-hybridized carbons (Fsp3) is 0.0625. The van der Waals surface area contributed by atoms with Gasteiger partial charge in [-0.3, -0.25) is 25.2 Å². The van der Waals surface area contributed by atoms with Gasteiger partial charge in [-0.15, -0.1) is 0 Å². The zero-order valence-corrected chi connectivity index (χ0v) is 13.4. The van der Waals surface area contributed by atoms with E-state index < -0.39 is 41.5 Å². The minimum atomic E-state index is -1.05. The minimum Gasteiger partial charge on any atom is -0.343 e. The second kappa shape index (κ2) is 8.20. The molecule has 2 rings (SSSR count). The maximum absolute atomic E-state index is 13.4. The summed E-state index contributed by atoms with van der Waals surface area (Å²) in [5, 5.41) is 2.60. The standard InChI is InChI=1S/C16H12ClF2N3O3/c17-10-3-1-9(2-4-10)15(24)22-21-14(23)8-20-16(25)12-6-5-11(18)7-13(12)19/h1-7H,8H2,(H,20,25)(H,21,23)(H,22,24). The molecule has 3 amide bonds. The summed E-state index contributed by atoms with van der Waals surface area (Å²) in [6, 6.07) is 8.38. The Morgan fingerprint density at radius 1 is 0.920 bits per heavy atom. The fourth-order valence-electron chi connectivity index (χ4n) is 1.77. The second-order valence-electron chi connectivity index (χ2n) is 4.82. The van der Waals surface area contributed by atoms with Crippen molar-refractivity contribution >= 4 is 29.3 Å². The summed E-state index contributed by atoms with van der Waals surface area (Å²) in [6.07, 6.45) is 0. The van der Waals surface area contributed by atoms with Crippen molar-refractivity contribution in [3.05, 3.63) is 70.2 Å². The number of nitrogens with one attached hydrogen (secondary N) is 3. The first-order valence-corrected chi connectivity index (χ1v) is 7.32. The Labute approximate surface area is 146 Å². The lowest BCUT2D eigenvalue weighted by Crippen LogP contribution is -2.46. The highest BCUT2D eigenvalue weighted by Gasteiger charge is 2.14. The fourth-order valence-corrected chi connectivity index (χ4v) is 1.90. The van der Waals surface area contributed by atoms with Gasteiger partial charge in [0.1, 0.15) is 11.6 Å². The first-order chi connectivity index (χ1) is 11.9. The van der Waals surface area contributed by atoms with Crippen LogP contribution in [0.5, 0.6) is 0 Å². The molecule has 0 radical (unpaired) electrons. The quantitative estimate of drug-likeness (QED) is 0.720. The molecule has 0 atom stereocenters. The monoisotopic (exact) mass is 367 g/mol. The van der Waals surface area contributed by atoms with E-state index >= 15 is 0 Å². The Morgan fingerprint density at radius 3 is 2.24 bits per heavy atom. The van der Waals surface area contributed by atoms with Crippen molar-refractivity contribution in [2.75, 3.05) is 6.54 Å². The van der Waals surface area contributed by atoms with Crippen LogP contribution in [0, 0.1) is 11.6 Å². The van der Waals surface area contributed by atoms with Gasteiger partial charge < -0.3 is 5.32 Å². The van der Waals surface area contributed by atoms with E-state index in [1.165, 1.54) is 24.3 Å². The van der Waals surface area contributed by atoms with E-state index in [0.717, 1.165) is 12.1 Å². The Balaban J connectivity index is 1.81. The Morgan fingerprint density at radius 2 is 1.60 bits per heavy atom. The molecule has 9 heteroatoms. The molecule has 0 saturated heterocycles. The molecule has 3 N–H and O–H groups in total. The lowest BCUT2D eigenvalue weighted by atomic mass is 10.2. The summed E-state index contributed by atoms with van der Waals surface area (Å²) in [5.74, 6) is -4.08. The molecule has 0 bridgehead atoms. The number of hydrogen-bond acceptors (Lipinski definition) is 3. The molecule has 0 spiro atoms. The third-order valence-electron chi connectivity index (χ3n) is 3.01. The van der Waals surface area contributed by atoms with Gasteiger partial charge in [0, 0.05) is 16.7 Å². The molecule has 0 saturated carbocycles. The van der Waals surface area contributed by atoms with E-state index in [9.17, 15) is 23.2 Å². The van der Waals surface area contributed by atoms with Gasteiger partial charge in [-0.1, -0.05) is 11.6 Å². The summed E-state index contributed by atoms with van der Waals surface area (Å²) >= 11 is 5.70. The number of rotatable bonds is 4. The largest absolute Gasteiger partial charge is 0.343 e. The summed E-state index contributed by atoms with van der Waals surface area (Å²) in [7, 11) is 0. The maximum atomic E-state index is 13.4. The summed E-state index contributed by atoms with van der Waals surface area (Å²) in [5.41, 5.74) is 4.09. The average molecular weight is 368 g/mol. The van der Waals surface area contributed by atoms with Gasteiger partial charge in [0.05, 0.1) is 12.1 Å². The number of hydrazine groups is 1. The molecular formula is C16H12ClF2N3O3. The number of carbonyl (C=O) groups is 3. The predicted molar refractivity (Wildman–Crippen MR) is 85.8 cm³/mol. The van der Waals surface area contributed by atoms with E-state index in [1.807, 2.05) is 0 Å². The summed E-state index contributed by atoms with van der Waals surface area (Å²) in [6.45, 7) is -0.517. The van der Waals surface area contributed by atoms with E-state index in [1.54, 1.807) is 0 Å². The van der Waals surface area contributed by atoms with Gasteiger partial charge in [0.25, 0.3) is 17.7 Å². The SMILES string of the molecule is O=C(CNC(=O)c1ccc(F)cc1F)NNC(=O)c1ccc(Cl)cc1. The molecule has 25 heavy (non-hydrogen) atoms. The second-order valence-corrected chi connectivity index (χ2v) is 5.25. The molecule has 0 unspecified atom stereocenters. The average Bonchev–Trinajstić information content (AvgIpc) is 2.58. The van der Waals surface area contributed by atoms with Crippen molar-refractivity contribution in [1.82, 2.24) is 16.2 Å². The molecule has 6 nitrogen and oxygen atoms in total. The van der Waals surface area contributed by atoms with Crippen LogP contribution in [-0.4, -0.2) is 24.3 Å². The molecule has 130 valence electrons.